The number of carbonyl (C=O) groups excluding carboxylic acids is 1. The van der Waals surface area contributed by atoms with E-state index in [4.69, 9.17) is 4.74 Å². The van der Waals surface area contributed by atoms with E-state index in [1.807, 2.05) is 23.6 Å². The van der Waals surface area contributed by atoms with Gasteiger partial charge in [-0.25, -0.2) is 4.98 Å². The third-order valence-corrected chi connectivity index (χ3v) is 3.60. The van der Waals surface area contributed by atoms with Crippen molar-refractivity contribution in [2.45, 2.75) is 20.0 Å². The molecule has 2 aromatic heterocycles. The summed E-state index contributed by atoms with van der Waals surface area (Å²) < 4.78 is 5.02. The lowest BCUT2D eigenvalue weighted by Gasteiger charge is -2.07. The van der Waals surface area contributed by atoms with Gasteiger partial charge in [-0.05, 0) is 17.0 Å². The summed E-state index contributed by atoms with van der Waals surface area (Å²) in [7, 11) is 1.60. The van der Waals surface area contributed by atoms with Gasteiger partial charge in [0.25, 0.3) is 0 Å². The van der Waals surface area contributed by atoms with Crippen LogP contribution in [0.4, 0.5) is 5.69 Å². The highest BCUT2D eigenvalue weighted by Crippen LogP contribution is 2.22. The normalized spacial score (nSPS) is 10.3. The number of amides is 1. The average molecular weight is 291 g/mol. The van der Waals surface area contributed by atoms with Crippen LogP contribution >= 0.6 is 11.3 Å². The standard InChI is InChI=1S/C14H17N3O2S/c1-10(18)17-12-5-6-20-13(12)9-15-7-11-3-4-14(19-2)16-8-11/h3-6,8,15H,7,9H2,1-2H3,(H,17,18). The highest BCUT2D eigenvalue weighted by atomic mass is 32.1. The predicted molar refractivity (Wildman–Crippen MR) is 80.0 cm³/mol. The van der Waals surface area contributed by atoms with E-state index < -0.39 is 0 Å². The lowest BCUT2D eigenvalue weighted by atomic mass is 10.3. The molecule has 1 amide bonds. The average Bonchev–Trinajstić information content (AvgIpc) is 2.86. The van der Waals surface area contributed by atoms with E-state index in [-0.39, 0.29) is 5.91 Å². The number of hydrogen-bond acceptors (Lipinski definition) is 5. The Hall–Kier alpha value is -1.92. The van der Waals surface area contributed by atoms with Crippen molar-refractivity contribution < 1.29 is 9.53 Å². The van der Waals surface area contributed by atoms with Crippen molar-refractivity contribution in [2.24, 2.45) is 0 Å². The van der Waals surface area contributed by atoms with Gasteiger partial charge in [-0.15, -0.1) is 11.3 Å². The van der Waals surface area contributed by atoms with Gasteiger partial charge in [0, 0.05) is 37.2 Å². The summed E-state index contributed by atoms with van der Waals surface area (Å²) in [4.78, 5) is 16.3. The third kappa shape index (κ3) is 4.04. The Morgan fingerprint density at radius 3 is 2.85 bits per heavy atom. The maximum absolute atomic E-state index is 11.1. The largest absolute Gasteiger partial charge is 0.481 e. The van der Waals surface area contributed by atoms with Crippen LogP contribution in [0.3, 0.4) is 0 Å². The number of nitrogens with one attached hydrogen (secondary N) is 2. The predicted octanol–water partition coefficient (Wildman–Crippen LogP) is 2.40. The van der Waals surface area contributed by atoms with Crippen molar-refractivity contribution in [3.63, 3.8) is 0 Å². The fourth-order valence-electron chi connectivity index (χ4n) is 1.74. The lowest BCUT2D eigenvalue weighted by Crippen LogP contribution is -2.14. The van der Waals surface area contributed by atoms with Crippen LogP contribution in [0.5, 0.6) is 5.88 Å². The molecule has 0 radical (unpaired) electrons. The van der Waals surface area contributed by atoms with Gasteiger partial charge in [-0.1, -0.05) is 6.07 Å². The molecule has 0 aliphatic rings. The highest BCUT2D eigenvalue weighted by molar-refractivity contribution is 7.10. The molecule has 6 heteroatoms. The maximum Gasteiger partial charge on any atom is 0.221 e. The second-order valence-corrected chi connectivity index (χ2v) is 5.25. The minimum atomic E-state index is -0.0518. The topological polar surface area (TPSA) is 63.2 Å². The first-order chi connectivity index (χ1) is 9.69. The zero-order chi connectivity index (χ0) is 14.4. The number of ether oxygens (including phenoxy) is 1. The fraction of sp³-hybridized carbons (Fsp3) is 0.286. The van der Waals surface area contributed by atoms with Crippen molar-refractivity contribution in [1.82, 2.24) is 10.3 Å². The van der Waals surface area contributed by atoms with E-state index in [1.165, 1.54) is 6.92 Å². The van der Waals surface area contributed by atoms with Gasteiger partial charge < -0.3 is 15.4 Å². The molecule has 0 spiro atoms. The number of rotatable bonds is 6. The van der Waals surface area contributed by atoms with Crippen molar-refractivity contribution in [3.05, 3.63) is 40.2 Å². The van der Waals surface area contributed by atoms with Gasteiger partial charge in [0.1, 0.15) is 0 Å². The Kier molecular flexibility index (Phi) is 5.09. The van der Waals surface area contributed by atoms with Gasteiger partial charge in [-0.2, -0.15) is 0 Å². The molecule has 0 aromatic carbocycles. The molecular formula is C14H17N3O2S. The zero-order valence-corrected chi connectivity index (χ0v) is 12.3. The number of carbonyl (C=O) groups is 1. The smallest absolute Gasteiger partial charge is 0.221 e. The van der Waals surface area contributed by atoms with Gasteiger partial charge in [-0.3, -0.25) is 4.79 Å². The van der Waals surface area contributed by atoms with E-state index >= 15 is 0 Å². The van der Waals surface area contributed by atoms with E-state index in [1.54, 1.807) is 24.6 Å². The molecule has 0 aliphatic carbocycles. The number of thiophene rings is 1. The van der Waals surface area contributed by atoms with E-state index in [9.17, 15) is 4.79 Å². The summed E-state index contributed by atoms with van der Waals surface area (Å²) in [5.74, 6) is 0.559. The molecule has 0 unspecified atom stereocenters. The van der Waals surface area contributed by atoms with Crippen LogP contribution in [0.2, 0.25) is 0 Å². The first-order valence-electron chi connectivity index (χ1n) is 6.22. The zero-order valence-electron chi connectivity index (χ0n) is 11.5. The van der Waals surface area contributed by atoms with Crippen molar-refractivity contribution in [1.29, 1.82) is 0 Å². The molecular weight excluding hydrogens is 274 g/mol. The monoisotopic (exact) mass is 291 g/mol. The Morgan fingerprint density at radius 1 is 1.35 bits per heavy atom. The molecule has 0 bridgehead atoms. The molecule has 0 atom stereocenters. The SMILES string of the molecule is COc1ccc(CNCc2sccc2NC(C)=O)cn1. The molecule has 106 valence electrons. The summed E-state index contributed by atoms with van der Waals surface area (Å²) in [6.45, 7) is 2.94. The Morgan fingerprint density at radius 2 is 2.20 bits per heavy atom. The number of methoxy groups -OCH3 is 1. The van der Waals surface area contributed by atoms with Crippen LogP contribution in [0.1, 0.15) is 17.4 Å². The first-order valence-corrected chi connectivity index (χ1v) is 7.10. The molecule has 2 heterocycles. The minimum Gasteiger partial charge on any atom is -0.481 e. The van der Waals surface area contributed by atoms with Crippen LogP contribution in [-0.4, -0.2) is 18.0 Å². The second kappa shape index (κ2) is 7.02. The molecule has 2 rings (SSSR count). The summed E-state index contributed by atoms with van der Waals surface area (Å²) in [6, 6.07) is 5.73. The van der Waals surface area contributed by atoms with Crippen LogP contribution < -0.4 is 15.4 Å². The quantitative estimate of drug-likeness (QED) is 0.858. The number of pyridine rings is 1. The van der Waals surface area contributed by atoms with E-state index in [2.05, 4.69) is 15.6 Å². The van der Waals surface area contributed by atoms with Crippen LogP contribution in [0.25, 0.3) is 0 Å². The third-order valence-electron chi connectivity index (χ3n) is 2.68. The number of hydrogen-bond donors (Lipinski definition) is 2. The van der Waals surface area contributed by atoms with Crippen molar-refractivity contribution in [3.8, 4) is 5.88 Å². The molecule has 20 heavy (non-hydrogen) atoms. The van der Waals surface area contributed by atoms with E-state index in [0.29, 0.717) is 19.0 Å². The van der Waals surface area contributed by atoms with Crippen LogP contribution in [0, 0.1) is 0 Å². The lowest BCUT2D eigenvalue weighted by molar-refractivity contribution is -0.114. The number of anilines is 1. The molecule has 0 saturated carbocycles. The summed E-state index contributed by atoms with van der Waals surface area (Å²) >= 11 is 1.62. The Bertz CT molecular complexity index is 566. The summed E-state index contributed by atoms with van der Waals surface area (Å²) in [6.07, 6.45) is 1.79. The molecule has 2 N–H and O–H groups in total. The maximum atomic E-state index is 11.1. The number of aromatic nitrogens is 1. The molecule has 2 aromatic rings. The summed E-state index contributed by atoms with van der Waals surface area (Å²) in [5.41, 5.74) is 1.96. The molecule has 0 fully saturated rings. The van der Waals surface area contributed by atoms with Gasteiger partial charge in [0.15, 0.2) is 0 Å². The highest BCUT2D eigenvalue weighted by Gasteiger charge is 2.05. The fourth-order valence-corrected chi connectivity index (χ4v) is 2.53. The van der Waals surface area contributed by atoms with Crippen LogP contribution in [0.15, 0.2) is 29.8 Å². The number of nitrogens with zero attached hydrogens (tertiary/aromatic N) is 1. The van der Waals surface area contributed by atoms with E-state index in [0.717, 1.165) is 16.1 Å². The van der Waals surface area contributed by atoms with Crippen molar-refractivity contribution >= 4 is 22.9 Å². The van der Waals surface area contributed by atoms with Crippen LogP contribution in [-0.2, 0) is 17.9 Å². The molecule has 0 saturated heterocycles. The Balaban J connectivity index is 1.86. The Labute approximate surface area is 122 Å². The van der Waals surface area contributed by atoms with Crippen molar-refractivity contribution in [2.75, 3.05) is 12.4 Å². The minimum absolute atomic E-state index is 0.0518. The second-order valence-electron chi connectivity index (χ2n) is 4.25. The van der Waals surface area contributed by atoms with Gasteiger partial charge >= 0.3 is 0 Å². The first kappa shape index (κ1) is 14.5. The molecule has 0 aliphatic heterocycles. The molecule has 5 nitrogen and oxygen atoms in total. The van der Waals surface area contributed by atoms with Gasteiger partial charge in [0.2, 0.25) is 11.8 Å². The van der Waals surface area contributed by atoms with Gasteiger partial charge in [0.05, 0.1) is 12.8 Å². The summed E-state index contributed by atoms with van der Waals surface area (Å²) in [5, 5.41) is 8.12.